The second-order valence-corrected chi connectivity index (χ2v) is 19.0. The molecular formula is C63H74NO6P. The van der Waals surface area contributed by atoms with Gasteiger partial charge < -0.3 is 14.4 Å². The fourth-order valence-electron chi connectivity index (χ4n) is 8.79. The highest BCUT2D eigenvalue weighted by Crippen LogP contribution is 2.45. The van der Waals surface area contributed by atoms with Crippen molar-refractivity contribution in [3.63, 3.8) is 0 Å². The summed E-state index contributed by atoms with van der Waals surface area (Å²) in [6, 6.07) is 61.0. The average molecular weight is 972 g/mol. The van der Waals surface area contributed by atoms with Crippen molar-refractivity contribution in [1.29, 1.82) is 0 Å². The number of rotatable bonds is 33. The highest BCUT2D eigenvalue weighted by Gasteiger charge is 2.39. The second kappa shape index (κ2) is 30.9. The van der Waals surface area contributed by atoms with Crippen molar-refractivity contribution in [2.45, 2.75) is 88.4 Å². The number of allylic oxidation sites excluding steroid dienone is 8. The minimum Gasteiger partial charge on any atom is -0.373 e. The van der Waals surface area contributed by atoms with Crippen LogP contribution in [-0.2, 0) is 34.2 Å². The normalized spacial score (nSPS) is 13.7. The standard InChI is InChI=1S/C63H74NO6P/c1-2-3-4-5-6-7-8-9-10-11-12-13-14-15-16-17-18-37-51-67-61(53-68-63(58-44-31-22-32-45-58,59-46-33-23-34-47-59)60-48-35-24-36-49-60)54-70-71(65,66)69-52-50-64-62(55-38-25-19-26-39-55,56-40-27-20-28-41-56)57-42-29-21-30-43-57/h6-7,9-10,12-13,15-16,19-36,38-49,61,64H,2-5,8,11,14,17-18,37,50-54H2,1H3,(H,65,66)/t61-/m1/s1. The van der Waals surface area contributed by atoms with Crippen LogP contribution >= 0.6 is 7.82 Å². The zero-order chi connectivity index (χ0) is 49.6. The predicted octanol–water partition coefficient (Wildman–Crippen LogP) is 15.2. The van der Waals surface area contributed by atoms with Crippen LogP contribution in [0.5, 0.6) is 0 Å². The Bertz CT molecular complexity index is 2310. The highest BCUT2D eigenvalue weighted by molar-refractivity contribution is 7.47. The molecule has 0 aromatic heterocycles. The van der Waals surface area contributed by atoms with E-state index in [1.807, 2.05) is 109 Å². The van der Waals surface area contributed by atoms with Crippen molar-refractivity contribution in [1.82, 2.24) is 5.32 Å². The molecule has 0 amide bonds. The van der Waals surface area contributed by atoms with E-state index in [9.17, 15) is 9.46 Å². The van der Waals surface area contributed by atoms with E-state index in [0.29, 0.717) is 6.61 Å². The van der Waals surface area contributed by atoms with Crippen LogP contribution in [0.1, 0.15) is 105 Å². The van der Waals surface area contributed by atoms with Crippen LogP contribution in [0.15, 0.2) is 231 Å². The molecule has 71 heavy (non-hydrogen) atoms. The van der Waals surface area contributed by atoms with Gasteiger partial charge in [0.1, 0.15) is 11.7 Å². The van der Waals surface area contributed by atoms with Gasteiger partial charge in [0.05, 0.1) is 25.4 Å². The fourth-order valence-corrected chi connectivity index (χ4v) is 9.54. The van der Waals surface area contributed by atoms with E-state index in [-0.39, 0.29) is 26.4 Å². The Morgan fingerprint density at radius 1 is 0.479 bits per heavy atom. The van der Waals surface area contributed by atoms with Crippen molar-refractivity contribution >= 4 is 7.82 Å². The molecule has 0 aliphatic rings. The van der Waals surface area contributed by atoms with Crippen molar-refractivity contribution in [3.05, 3.63) is 264 Å². The Morgan fingerprint density at radius 2 is 0.859 bits per heavy atom. The lowest BCUT2D eigenvalue weighted by molar-refractivity contribution is -0.0809. The van der Waals surface area contributed by atoms with E-state index in [0.717, 1.165) is 71.9 Å². The molecule has 0 fully saturated rings. The number of benzene rings is 6. The third-order valence-corrected chi connectivity index (χ3v) is 13.4. The molecular weight excluding hydrogens is 898 g/mol. The van der Waals surface area contributed by atoms with Gasteiger partial charge in [-0.15, -0.1) is 0 Å². The van der Waals surface area contributed by atoms with E-state index < -0.39 is 25.1 Å². The van der Waals surface area contributed by atoms with E-state index in [1.54, 1.807) is 0 Å². The highest BCUT2D eigenvalue weighted by atomic mass is 31.2. The molecule has 0 bridgehead atoms. The van der Waals surface area contributed by atoms with E-state index in [1.165, 1.54) is 25.7 Å². The van der Waals surface area contributed by atoms with Gasteiger partial charge in [-0.05, 0) is 84.7 Å². The summed E-state index contributed by atoms with van der Waals surface area (Å²) in [6.07, 6.45) is 27.7. The third-order valence-electron chi connectivity index (χ3n) is 12.4. The fraction of sp³-hybridized carbons (Fsp3) is 0.302. The maximum atomic E-state index is 13.7. The maximum Gasteiger partial charge on any atom is 0.472 e. The van der Waals surface area contributed by atoms with Crippen LogP contribution in [-0.4, -0.2) is 44.0 Å². The van der Waals surface area contributed by atoms with Gasteiger partial charge in [-0.2, -0.15) is 0 Å². The molecule has 2 atom stereocenters. The van der Waals surface area contributed by atoms with Gasteiger partial charge in [-0.25, -0.2) is 4.57 Å². The Kier molecular flexibility index (Phi) is 23.8. The molecule has 0 spiro atoms. The minimum absolute atomic E-state index is 0.0607. The SMILES string of the molecule is CCCCCC=CCC=CCC=CCC=CCCCCO[C@H](COC(c1ccccc1)(c1ccccc1)c1ccccc1)COP(=O)(O)OCCNC(c1ccccc1)(c1ccccc1)c1ccccc1. The first-order valence-electron chi connectivity index (χ1n) is 25.5. The Labute approximate surface area is 424 Å². The molecule has 1 unspecified atom stereocenters. The third kappa shape index (κ3) is 17.2. The van der Waals surface area contributed by atoms with Crippen molar-refractivity contribution in [2.24, 2.45) is 0 Å². The summed E-state index contributed by atoms with van der Waals surface area (Å²) in [6.45, 7) is 2.63. The van der Waals surface area contributed by atoms with Gasteiger partial charge >= 0.3 is 7.82 Å². The summed E-state index contributed by atoms with van der Waals surface area (Å²) in [5.74, 6) is 0. The van der Waals surface area contributed by atoms with Crippen LogP contribution in [0.25, 0.3) is 0 Å². The molecule has 6 aromatic carbocycles. The number of phosphoric acid groups is 1. The number of hydrogen-bond donors (Lipinski definition) is 2. The van der Waals surface area contributed by atoms with Gasteiger partial charge in [0, 0.05) is 13.2 Å². The second-order valence-electron chi connectivity index (χ2n) is 17.5. The molecule has 6 aromatic rings. The summed E-state index contributed by atoms with van der Waals surface area (Å²) in [4.78, 5) is 11.2. The number of unbranched alkanes of at least 4 members (excludes halogenated alkanes) is 5. The zero-order valence-electron chi connectivity index (χ0n) is 41.6. The molecule has 372 valence electrons. The van der Waals surface area contributed by atoms with Gasteiger partial charge in [-0.3, -0.25) is 14.4 Å². The molecule has 6 rings (SSSR count). The van der Waals surface area contributed by atoms with Crippen LogP contribution in [0.2, 0.25) is 0 Å². The average Bonchev–Trinajstić information content (AvgIpc) is 3.42. The quantitative estimate of drug-likeness (QED) is 0.0184. The van der Waals surface area contributed by atoms with E-state index in [2.05, 4.69) is 134 Å². The molecule has 0 saturated heterocycles. The van der Waals surface area contributed by atoms with Crippen molar-refractivity contribution < 1.29 is 28.0 Å². The van der Waals surface area contributed by atoms with Crippen LogP contribution in [0.3, 0.4) is 0 Å². The predicted molar refractivity (Wildman–Crippen MR) is 292 cm³/mol. The summed E-state index contributed by atoms with van der Waals surface area (Å²) in [5, 5.41) is 3.71. The Morgan fingerprint density at radius 3 is 1.27 bits per heavy atom. The number of nitrogens with one attached hydrogen (secondary N) is 1. The topological polar surface area (TPSA) is 86.3 Å². The first-order valence-corrected chi connectivity index (χ1v) is 27.0. The van der Waals surface area contributed by atoms with Gasteiger partial charge in [-0.1, -0.05) is 250 Å². The van der Waals surface area contributed by atoms with Crippen LogP contribution in [0, 0.1) is 0 Å². The number of ether oxygens (including phenoxy) is 2. The lowest BCUT2D eigenvalue weighted by Crippen LogP contribution is -2.46. The first kappa shape index (κ1) is 54.6. The van der Waals surface area contributed by atoms with Gasteiger partial charge in [0.2, 0.25) is 0 Å². The maximum absolute atomic E-state index is 13.7. The molecule has 0 aliphatic carbocycles. The summed E-state index contributed by atoms with van der Waals surface area (Å²) in [5.41, 5.74) is 4.13. The Balaban J connectivity index is 1.09. The summed E-state index contributed by atoms with van der Waals surface area (Å²) < 4.78 is 38.8. The molecule has 0 aliphatic heterocycles. The van der Waals surface area contributed by atoms with E-state index in [4.69, 9.17) is 18.5 Å². The first-order chi connectivity index (χ1) is 35.0. The summed E-state index contributed by atoms with van der Waals surface area (Å²) in [7, 11) is -4.56. The lowest BCUT2D eigenvalue weighted by atomic mass is 9.77. The largest absolute Gasteiger partial charge is 0.472 e. The van der Waals surface area contributed by atoms with Gasteiger partial charge in [0.15, 0.2) is 0 Å². The van der Waals surface area contributed by atoms with Crippen LogP contribution in [0.4, 0.5) is 0 Å². The molecule has 8 heteroatoms. The number of phosphoric ester groups is 1. The van der Waals surface area contributed by atoms with Crippen LogP contribution < -0.4 is 5.32 Å². The van der Waals surface area contributed by atoms with Crippen molar-refractivity contribution in [3.8, 4) is 0 Å². The zero-order valence-corrected chi connectivity index (χ0v) is 42.5. The smallest absolute Gasteiger partial charge is 0.373 e. The monoisotopic (exact) mass is 972 g/mol. The summed E-state index contributed by atoms with van der Waals surface area (Å²) >= 11 is 0. The molecule has 7 nitrogen and oxygen atoms in total. The molecule has 0 saturated carbocycles. The number of hydrogen-bond acceptors (Lipinski definition) is 6. The minimum atomic E-state index is -4.56. The lowest BCUT2D eigenvalue weighted by Gasteiger charge is -2.37. The molecule has 0 heterocycles. The van der Waals surface area contributed by atoms with Crippen molar-refractivity contribution in [2.75, 3.05) is 33.0 Å². The molecule has 0 radical (unpaired) electrons. The van der Waals surface area contributed by atoms with E-state index >= 15 is 0 Å². The molecule has 2 N–H and O–H groups in total. The Hall–Kier alpha value is -5.73. The van der Waals surface area contributed by atoms with Gasteiger partial charge in [0.25, 0.3) is 0 Å².